The number of nitrogens with one attached hydrogen (secondary N) is 4. The molecule has 6 aliphatic rings. The fourth-order valence-corrected chi connectivity index (χ4v) is 17.9. The van der Waals surface area contributed by atoms with Crippen molar-refractivity contribution in [1.29, 1.82) is 0 Å². The lowest BCUT2D eigenvalue weighted by atomic mass is 9.86. The van der Waals surface area contributed by atoms with Gasteiger partial charge in [0.05, 0.1) is 101 Å². The van der Waals surface area contributed by atoms with Crippen molar-refractivity contribution in [1.82, 2.24) is 21.3 Å². The third kappa shape index (κ3) is 33.3. The Bertz CT molecular complexity index is 3530. The van der Waals surface area contributed by atoms with E-state index in [1.807, 2.05) is 0 Å². The van der Waals surface area contributed by atoms with Crippen LogP contribution in [-0.4, -0.2) is 413 Å². The lowest BCUT2D eigenvalue weighted by molar-refractivity contribution is -0.404. The number of carbonyl (C=O) groups is 8. The Balaban J connectivity index is 1.33. The molecule has 0 saturated carbocycles. The summed E-state index contributed by atoms with van der Waals surface area (Å²) >= 11 is 0. The number of Topliss-reactive ketones (excluding diaryl/α,β-unsaturated/α-hetero) is 1. The first-order valence-electron chi connectivity index (χ1n) is 47.1. The van der Waals surface area contributed by atoms with Gasteiger partial charge in [-0.2, -0.15) is 0 Å². The summed E-state index contributed by atoms with van der Waals surface area (Å²) in [5, 5.41) is 261. The van der Waals surface area contributed by atoms with E-state index in [1.54, 1.807) is 6.08 Å². The molecule has 6 fully saturated rings. The van der Waals surface area contributed by atoms with Crippen molar-refractivity contribution in [3.05, 3.63) is 12.2 Å². The lowest BCUT2D eigenvalue weighted by Gasteiger charge is -2.53. The van der Waals surface area contributed by atoms with Crippen LogP contribution in [0.1, 0.15) is 234 Å². The number of aliphatic hydroxyl groups is 19. The number of aliphatic hydroxyl groups excluding tert-OH is 19. The van der Waals surface area contributed by atoms with E-state index in [0.717, 1.165) is 98.3 Å². The van der Waals surface area contributed by atoms with Crippen LogP contribution in [-0.2, 0) is 95.2 Å². The summed E-state index contributed by atoms with van der Waals surface area (Å²) in [6, 6.07) is -7.29. The van der Waals surface area contributed by atoms with Crippen LogP contribution < -0.4 is 21.3 Å². The molecule has 6 heterocycles. The monoisotopic (exact) mass is 1940 g/mol. The van der Waals surface area contributed by atoms with Crippen molar-refractivity contribution < 1.29 is 208 Å². The Kier molecular flexibility index (Phi) is 50.7. The maximum absolute atomic E-state index is 14.4. The summed E-state index contributed by atoms with van der Waals surface area (Å²) in [4.78, 5) is 107. The summed E-state index contributed by atoms with van der Waals surface area (Å²) in [5.74, 6) is -23.6. The second kappa shape index (κ2) is 58.0. The molecule has 0 aromatic rings. The standard InChI is InChI=1S/C88H152N4O42/c1-7-9-11-13-15-17-19-21-23-25-27-29-31-33-52(103)51(92-62(108)34-32-30-28-26-24-22-20-18-16-14-12-10-8-2)45-123-81-72(115)71(114)74(60(43-97)125-81)127-82-73(116)79(75(61(44-98)126-82)128-80-50(35-46(3)99)66(109)68(111)57(40-94)124-80)134-88(85(121)122)38-55(106)65(91-49(6)102)78(133-88)70(113)59(42-96)130-87(84(119)120)37-54(105)64(90-48(5)101)77(132-87)69(112)58(41-95)129-86(83(117)118)36-53(104)63(89-47(4)100)76(131-86)67(110)56(107)39-93/h31,33,50-61,63-82,93-98,103-107,109-116H,7-30,32,34-45H2,1-6H3,(H,89,100)(H,90,101)(H,91,102)(H,92,108)(H,117,118)(H,119,120)(H,121,122)/b33-31+/t50-,51+,52-,53+,54+,55+,56-,57-,58-,59-,60-,61-,63-,64-,65-,66-,67-,68+,69-,70-,71-,72-,73-,74-,75+,76?,77?,78?,79-,80+,81-,82+,86-,87-,88+/m1/s1. The lowest BCUT2D eigenvalue weighted by Crippen LogP contribution is -2.72. The van der Waals surface area contributed by atoms with Crippen LogP contribution in [0.4, 0.5) is 0 Å². The molecule has 6 rings (SSSR count). The molecule has 776 valence electrons. The largest absolute Gasteiger partial charge is 0.477 e. The van der Waals surface area contributed by atoms with Crippen LogP contribution in [0.5, 0.6) is 0 Å². The van der Waals surface area contributed by atoms with Crippen LogP contribution in [0.2, 0.25) is 0 Å². The van der Waals surface area contributed by atoms with Crippen LogP contribution in [0.15, 0.2) is 12.2 Å². The highest BCUT2D eigenvalue weighted by molar-refractivity contribution is 5.79. The van der Waals surface area contributed by atoms with E-state index in [4.69, 9.17) is 56.8 Å². The van der Waals surface area contributed by atoms with Gasteiger partial charge >= 0.3 is 17.9 Å². The van der Waals surface area contributed by atoms with E-state index < -0.39 is 332 Å². The minimum absolute atomic E-state index is 0.0824. The van der Waals surface area contributed by atoms with Gasteiger partial charge in [0.15, 0.2) is 18.9 Å². The van der Waals surface area contributed by atoms with E-state index in [1.165, 1.54) is 83.1 Å². The molecule has 134 heavy (non-hydrogen) atoms. The molecular weight excluding hydrogens is 1780 g/mol. The number of unbranched alkanes of at least 4 members (excludes halogenated alkanes) is 23. The highest BCUT2D eigenvalue weighted by Crippen LogP contribution is 2.45. The summed E-state index contributed by atoms with van der Waals surface area (Å²) < 4.78 is 71.9. The van der Waals surface area contributed by atoms with E-state index >= 15 is 0 Å². The van der Waals surface area contributed by atoms with Crippen LogP contribution in [0, 0.1) is 5.92 Å². The molecule has 0 radical (unpaired) electrons. The summed E-state index contributed by atoms with van der Waals surface area (Å²) in [6.45, 7) is -0.623. The van der Waals surface area contributed by atoms with Gasteiger partial charge < -0.3 is 195 Å². The molecular formula is C88H152N4O42. The molecule has 35 atom stereocenters. The average molecular weight is 1940 g/mol. The Morgan fingerprint density at radius 2 is 0.813 bits per heavy atom. The molecule has 6 aliphatic heterocycles. The van der Waals surface area contributed by atoms with Gasteiger partial charge in [-0.3, -0.25) is 19.2 Å². The fraction of sp³-hybridized carbons (Fsp3) is 0.886. The predicted molar refractivity (Wildman–Crippen MR) is 461 cm³/mol. The van der Waals surface area contributed by atoms with E-state index in [2.05, 4.69) is 35.1 Å². The number of aliphatic carboxylic acids is 3. The van der Waals surface area contributed by atoms with Crippen molar-refractivity contribution >= 4 is 47.3 Å². The Labute approximate surface area is 778 Å². The zero-order valence-corrected chi connectivity index (χ0v) is 77.3. The van der Waals surface area contributed by atoms with E-state index in [9.17, 15) is 151 Å². The number of allylic oxidation sites excluding steroid dienone is 1. The van der Waals surface area contributed by atoms with Gasteiger partial charge in [0.1, 0.15) is 122 Å². The van der Waals surface area contributed by atoms with Gasteiger partial charge in [-0.15, -0.1) is 0 Å². The number of rotatable bonds is 62. The number of carboxylic acids is 3. The number of carbonyl (C=O) groups excluding carboxylic acids is 5. The van der Waals surface area contributed by atoms with Crippen molar-refractivity contribution in [3.8, 4) is 0 Å². The number of amides is 4. The van der Waals surface area contributed by atoms with E-state index in [-0.39, 0.29) is 6.42 Å². The first-order chi connectivity index (χ1) is 63.6. The highest BCUT2D eigenvalue weighted by atomic mass is 16.8. The molecule has 0 aliphatic carbocycles. The predicted octanol–water partition coefficient (Wildman–Crippen LogP) is -4.21. The van der Waals surface area contributed by atoms with Gasteiger partial charge in [0.25, 0.3) is 17.4 Å². The quantitative estimate of drug-likeness (QED) is 0.0203. The molecule has 0 spiro atoms. The molecule has 46 heteroatoms. The first kappa shape index (κ1) is 117. The third-order valence-electron chi connectivity index (χ3n) is 25.3. The molecule has 6 saturated heterocycles. The summed E-state index contributed by atoms with van der Waals surface area (Å²) in [6.07, 6.45) is -36.7. The molecule has 0 aromatic heterocycles. The Morgan fingerprint density at radius 1 is 0.425 bits per heavy atom. The second-order valence-electron chi connectivity index (χ2n) is 36.0. The van der Waals surface area contributed by atoms with Gasteiger partial charge in [-0.05, 0) is 26.2 Å². The SMILES string of the molecule is CCCCCCCCCCCCC/C=C/[C@@H](O)[C@H](CO[C@@H]1O[C@H](CO)[C@@H](O[C@@H]2O[C@H](CO)[C@H](O[C@@H]3O[C@H](CO)[C@H](O)[C@H](O)[C@H]3CC(C)=O)[C@H](O[C@]3(C(=O)O)C[C@H](O)[C@@H](NC(C)=O)C([C@H](O)[C@@H](CO)O[C@]4(C(=O)O)C[C@H](O)[C@@H](NC(C)=O)C([C@H](O)[C@@H](CO)O[C@]5(C(=O)O)C[C@H](O)[C@@H](NC(C)=O)C([C@H](O)[C@H](O)CO)O5)O4)O3)[C@H]2O)[C@H](O)[C@H]1O)NC(=O)CCCCCCCCCCCCCCC. The summed E-state index contributed by atoms with van der Waals surface area (Å²) in [5.41, 5.74) is 0. The van der Waals surface area contributed by atoms with Gasteiger partial charge in [0.2, 0.25) is 23.6 Å². The highest BCUT2D eigenvalue weighted by Gasteiger charge is 2.65. The van der Waals surface area contributed by atoms with Gasteiger partial charge in [0, 0.05) is 58.8 Å². The smallest absolute Gasteiger partial charge is 0.364 e. The van der Waals surface area contributed by atoms with Crippen LogP contribution in [0.25, 0.3) is 0 Å². The first-order valence-corrected chi connectivity index (χ1v) is 47.1. The van der Waals surface area contributed by atoms with E-state index in [0.29, 0.717) is 12.8 Å². The third-order valence-corrected chi connectivity index (χ3v) is 25.3. The maximum atomic E-state index is 14.4. The maximum Gasteiger partial charge on any atom is 0.364 e. The molecule has 4 amide bonds. The number of hydrogen-bond acceptors (Lipinski definition) is 39. The van der Waals surface area contributed by atoms with Gasteiger partial charge in [-0.1, -0.05) is 167 Å². The molecule has 46 nitrogen and oxygen atoms in total. The van der Waals surface area contributed by atoms with Crippen molar-refractivity contribution in [2.45, 2.75) is 441 Å². The zero-order valence-electron chi connectivity index (χ0n) is 77.3. The second-order valence-corrected chi connectivity index (χ2v) is 36.0. The number of ether oxygens (including phenoxy) is 12. The minimum Gasteiger partial charge on any atom is -0.477 e. The number of ketones is 1. The van der Waals surface area contributed by atoms with Crippen LogP contribution in [0.3, 0.4) is 0 Å². The average Bonchev–Trinajstić information content (AvgIpc) is 0.746. The number of carboxylic acid groups (broad SMARTS) is 3. The molecule has 0 bridgehead atoms. The normalized spacial score (nSPS) is 34.3. The topological polar surface area (TPSA) is 741 Å². The van der Waals surface area contributed by atoms with Gasteiger partial charge in [-0.25, -0.2) is 14.4 Å². The fourth-order valence-electron chi connectivity index (χ4n) is 17.9. The van der Waals surface area contributed by atoms with Crippen molar-refractivity contribution in [3.63, 3.8) is 0 Å². The Morgan fingerprint density at radius 3 is 1.22 bits per heavy atom. The number of hydrogen-bond donors (Lipinski definition) is 26. The molecule has 3 unspecified atom stereocenters. The Hall–Kier alpha value is -5.54. The molecule has 26 N–H and O–H groups in total. The minimum atomic E-state index is -3.71. The van der Waals surface area contributed by atoms with Crippen LogP contribution >= 0.6 is 0 Å². The summed E-state index contributed by atoms with van der Waals surface area (Å²) in [7, 11) is 0. The zero-order chi connectivity index (χ0) is 99.5. The van der Waals surface area contributed by atoms with Crippen molar-refractivity contribution in [2.75, 3.05) is 46.2 Å². The molecule has 0 aromatic carbocycles. The van der Waals surface area contributed by atoms with Crippen molar-refractivity contribution in [2.24, 2.45) is 5.92 Å².